The summed E-state index contributed by atoms with van der Waals surface area (Å²) in [5, 5.41) is 0. The molecule has 0 radical (unpaired) electrons. The molecule has 1 fully saturated rings. The number of alkyl halides is 3. The van der Waals surface area contributed by atoms with E-state index in [4.69, 9.17) is 4.84 Å². The molecule has 1 aliphatic rings. The average molecular weight is 291 g/mol. The molecule has 110 valence electrons. The van der Waals surface area contributed by atoms with Crippen LogP contribution >= 0.6 is 0 Å². The predicted octanol–water partition coefficient (Wildman–Crippen LogP) is 3.45. The molecule has 3 nitrogen and oxygen atoms in total. The topological polar surface area (TPSA) is 38.3 Å². The van der Waals surface area contributed by atoms with Gasteiger partial charge in [0.15, 0.2) is 0 Å². The first-order chi connectivity index (χ1) is 9.38. The average Bonchev–Trinajstić information content (AvgIpc) is 2.88. The molecular formula is C13H13F4NO2. The van der Waals surface area contributed by atoms with E-state index in [9.17, 15) is 22.4 Å². The molecule has 0 heterocycles. The Hall–Kier alpha value is -1.63. The van der Waals surface area contributed by atoms with Crippen LogP contribution in [0.25, 0.3) is 0 Å². The quantitative estimate of drug-likeness (QED) is 0.684. The lowest BCUT2D eigenvalue weighted by Crippen LogP contribution is -2.28. The maximum atomic E-state index is 13.1. The highest BCUT2D eigenvalue weighted by Gasteiger charge is 2.34. The van der Waals surface area contributed by atoms with E-state index in [2.05, 4.69) is 5.48 Å². The number of carbonyl (C=O) groups excluding carboxylic acids is 1. The second-order valence-electron chi connectivity index (χ2n) is 4.65. The Labute approximate surface area is 112 Å². The fraction of sp³-hybridized carbons (Fsp3) is 0.462. The van der Waals surface area contributed by atoms with Crippen molar-refractivity contribution >= 4 is 5.91 Å². The molecule has 1 N–H and O–H groups in total. The van der Waals surface area contributed by atoms with Gasteiger partial charge in [0, 0.05) is 5.56 Å². The summed E-state index contributed by atoms with van der Waals surface area (Å²) in [7, 11) is 0. The minimum Gasteiger partial charge on any atom is -0.270 e. The second-order valence-corrected chi connectivity index (χ2v) is 4.65. The molecule has 2 rings (SSSR count). The lowest BCUT2D eigenvalue weighted by Gasteiger charge is -2.13. The van der Waals surface area contributed by atoms with Gasteiger partial charge >= 0.3 is 6.18 Å². The molecule has 1 amide bonds. The van der Waals surface area contributed by atoms with Crippen LogP contribution in [0, 0.1) is 5.82 Å². The molecule has 1 aliphatic carbocycles. The van der Waals surface area contributed by atoms with Crippen molar-refractivity contribution in [2.75, 3.05) is 0 Å². The maximum Gasteiger partial charge on any atom is 0.419 e. The van der Waals surface area contributed by atoms with Gasteiger partial charge in [-0.05, 0) is 31.0 Å². The molecule has 0 aliphatic heterocycles. The Balaban J connectivity index is 2.06. The third-order valence-corrected chi connectivity index (χ3v) is 3.15. The van der Waals surface area contributed by atoms with Crippen molar-refractivity contribution in [1.82, 2.24) is 5.48 Å². The molecule has 1 aromatic rings. The van der Waals surface area contributed by atoms with Gasteiger partial charge in [0.1, 0.15) is 5.82 Å². The Morgan fingerprint density at radius 3 is 2.50 bits per heavy atom. The Morgan fingerprint density at radius 2 is 1.90 bits per heavy atom. The summed E-state index contributed by atoms with van der Waals surface area (Å²) in [6, 6.07) is 2.08. The minimum atomic E-state index is -4.84. The van der Waals surface area contributed by atoms with Crippen LogP contribution in [0.15, 0.2) is 18.2 Å². The van der Waals surface area contributed by atoms with Crippen molar-refractivity contribution in [3.8, 4) is 0 Å². The SMILES string of the molecule is O=C(NOC1CCCC1)c1ccc(F)c(C(F)(F)F)c1. The number of amides is 1. The number of benzene rings is 1. The molecule has 0 bridgehead atoms. The van der Waals surface area contributed by atoms with Crippen molar-refractivity contribution in [2.24, 2.45) is 0 Å². The minimum absolute atomic E-state index is 0.110. The van der Waals surface area contributed by atoms with Crippen molar-refractivity contribution in [3.63, 3.8) is 0 Å². The summed E-state index contributed by atoms with van der Waals surface area (Å²) in [4.78, 5) is 16.8. The van der Waals surface area contributed by atoms with Gasteiger partial charge in [-0.15, -0.1) is 0 Å². The van der Waals surface area contributed by atoms with E-state index in [1.165, 1.54) is 0 Å². The molecule has 1 aromatic carbocycles. The number of nitrogens with one attached hydrogen (secondary N) is 1. The van der Waals surface area contributed by atoms with Crippen LogP contribution in [0.3, 0.4) is 0 Å². The molecule has 0 spiro atoms. The smallest absolute Gasteiger partial charge is 0.270 e. The van der Waals surface area contributed by atoms with E-state index in [0.717, 1.165) is 31.7 Å². The highest BCUT2D eigenvalue weighted by Crippen LogP contribution is 2.31. The van der Waals surface area contributed by atoms with E-state index < -0.39 is 23.5 Å². The predicted molar refractivity (Wildman–Crippen MR) is 62.2 cm³/mol. The van der Waals surface area contributed by atoms with Gasteiger partial charge in [-0.25, -0.2) is 9.87 Å². The molecular weight excluding hydrogens is 278 g/mol. The maximum absolute atomic E-state index is 13.1. The first kappa shape index (κ1) is 14.8. The molecule has 7 heteroatoms. The van der Waals surface area contributed by atoms with Crippen LogP contribution in [0.4, 0.5) is 17.6 Å². The summed E-state index contributed by atoms with van der Waals surface area (Å²) >= 11 is 0. The van der Waals surface area contributed by atoms with Crippen LogP contribution in [0.5, 0.6) is 0 Å². The molecule has 0 aromatic heterocycles. The van der Waals surface area contributed by atoms with Crippen LogP contribution < -0.4 is 5.48 Å². The van der Waals surface area contributed by atoms with E-state index in [-0.39, 0.29) is 11.7 Å². The van der Waals surface area contributed by atoms with Gasteiger partial charge in [-0.1, -0.05) is 12.8 Å². The fourth-order valence-corrected chi connectivity index (χ4v) is 2.09. The Morgan fingerprint density at radius 1 is 1.25 bits per heavy atom. The van der Waals surface area contributed by atoms with Crippen molar-refractivity contribution in [3.05, 3.63) is 35.1 Å². The lowest BCUT2D eigenvalue weighted by atomic mass is 10.1. The molecule has 0 saturated heterocycles. The fourth-order valence-electron chi connectivity index (χ4n) is 2.09. The van der Waals surface area contributed by atoms with Crippen LogP contribution in [0.1, 0.15) is 41.6 Å². The molecule has 20 heavy (non-hydrogen) atoms. The third-order valence-electron chi connectivity index (χ3n) is 3.15. The van der Waals surface area contributed by atoms with Crippen molar-refractivity contribution in [1.29, 1.82) is 0 Å². The summed E-state index contributed by atoms with van der Waals surface area (Å²) in [5.74, 6) is -2.23. The molecule has 1 saturated carbocycles. The first-order valence-electron chi connectivity index (χ1n) is 6.20. The number of halogens is 4. The van der Waals surface area contributed by atoms with Crippen LogP contribution in [-0.4, -0.2) is 12.0 Å². The van der Waals surface area contributed by atoms with Crippen LogP contribution in [0.2, 0.25) is 0 Å². The van der Waals surface area contributed by atoms with Gasteiger partial charge in [-0.3, -0.25) is 9.63 Å². The Bertz CT molecular complexity index is 496. The highest BCUT2D eigenvalue weighted by molar-refractivity contribution is 5.93. The number of rotatable bonds is 3. The summed E-state index contributed by atoms with van der Waals surface area (Å²) in [6.07, 6.45) is -1.35. The van der Waals surface area contributed by atoms with E-state index in [1.807, 2.05) is 0 Å². The summed E-state index contributed by atoms with van der Waals surface area (Å²) in [6.45, 7) is 0. The monoisotopic (exact) mass is 291 g/mol. The van der Waals surface area contributed by atoms with Crippen LogP contribution in [-0.2, 0) is 11.0 Å². The molecule has 0 unspecified atom stereocenters. The summed E-state index contributed by atoms with van der Waals surface area (Å²) < 4.78 is 50.6. The van der Waals surface area contributed by atoms with E-state index in [1.54, 1.807) is 0 Å². The largest absolute Gasteiger partial charge is 0.419 e. The van der Waals surface area contributed by atoms with Crippen molar-refractivity contribution in [2.45, 2.75) is 38.0 Å². The zero-order valence-electron chi connectivity index (χ0n) is 10.5. The number of hydrogen-bond donors (Lipinski definition) is 1. The van der Waals surface area contributed by atoms with Gasteiger partial charge in [0.25, 0.3) is 5.91 Å². The van der Waals surface area contributed by atoms with Gasteiger partial charge in [-0.2, -0.15) is 13.2 Å². The second kappa shape index (κ2) is 5.78. The van der Waals surface area contributed by atoms with Gasteiger partial charge in [0.05, 0.1) is 11.7 Å². The first-order valence-corrected chi connectivity index (χ1v) is 6.20. The van der Waals surface area contributed by atoms with E-state index >= 15 is 0 Å². The zero-order valence-corrected chi connectivity index (χ0v) is 10.5. The third kappa shape index (κ3) is 3.47. The number of hydroxylamine groups is 1. The standard InChI is InChI=1S/C13H13F4NO2/c14-11-6-5-8(7-10(11)13(15,16)17)12(19)18-20-9-3-1-2-4-9/h5-7,9H,1-4H2,(H,18,19). The van der Waals surface area contributed by atoms with E-state index in [0.29, 0.717) is 12.1 Å². The molecule has 0 atom stereocenters. The highest BCUT2D eigenvalue weighted by atomic mass is 19.4. The zero-order chi connectivity index (χ0) is 14.8. The lowest BCUT2D eigenvalue weighted by molar-refractivity contribution is -0.140. The van der Waals surface area contributed by atoms with Gasteiger partial charge < -0.3 is 0 Å². The van der Waals surface area contributed by atoms with Gasteiger partial charge in [0.2, 0.25) is 0 Å². The normalized spacial score (nSPS) is 16.4. The Kier molecular flexibility index (Phi) is 4.27. The number of hydrogen-bond acceptors (Lipinski definition) is 2. The number of carbonyl (C=O) groups is 1. The van der Waals surface area contributed by atoms with Crippen molar-refractivity contribution < 1.29 is 27.2 Å². The summed E-state index contributed by atoms with van der Waals surface area (Å²) in [5.41, 5.74) is 0.349.